The summed E-state index contributed by atoms with van der Waals surface area (Å²) in [5, 5.41) is 0. The van der Waals surface area contributed by atoms with E-state index in [2.05, 4.69) is 0 Å². The first-order chi connectivity index (χ1) is 11.6. The Kier molecular flexibility index (Phi) is 9.61. The maximum Gasteiger partial charge on any atom is 0.163 e. The van der Waals surface area contributed by atoms with Crippen molar-refractivity contribution in [3.8, 4) is 5.75 Å². The van der Waals surface area contributed by atoms with E-state index < -0.39 is 0 Å². The van der Waals surface area contributed by atoms with Crippen LogP contribution in [0, 0.1) is 0 Å². The van der Waals surface area contributed by atoms with E-state index in [4.69, 9.17) is 9.47 Å². The summed E-state index contributed by atoms with van der Waals surface area (Å²) in [6, 6.07) is 4.85. The molecule has 5 nitrogen and oxygen atoms in total. The average Bonchev–Trinajstić information content (AvgIpc) is 2.58. The summed E-state index contributed by atoms with van der Waals surface area (Å²) < 4.78 is 10.7. The maximum absolute atomic E-state index is 12.2. The number of ether oxygens (including phenoxy) is 2. The Morgan fingerprint density at radius 2 is 1.88 bits per heavy atom. The van der Waals surface area contributed by atoms with Gasteiger partial charge in [-0.05, 0) is 38.0 Å². The first kappa shape index (κ1) is 20.0. The zero-order valence-corrected chi connectivity index (χ0v) is 14.5. The second kappa shape index (κ2) is 11.5. The standard InChI is InChI=1S/C19H26O5/c1-3-6-16(21)7-5-8-19(22)18-10-9-17(13-15(18)14-20)24-12-11-23-4-2/h9-10,13-14H,3-8,11-12H2,1-2H3. The number of rotatable bonds is 13. The van der Waals surface area contributed by atoms with Crippen LogP contribution in [0.4, 0.5) is 0 Å². The van der Waals surface area contributed by atoms with E-state index in [0.717, 1.165) is 6.42 Å². The fourth-order valence-corrected chi connectivity index (χ4v) is 2.33. The minimum absolute atomic E-state index is 0.123. The van der Waals surface area contributed by atoms with Gasteiger partial charge < -0.3 is 9.47 Å². The fraction of sp³-hybridized carbons (Fsp3) is 0.526. The van der Waals surface area contributed by atoms with E-state index in [1.165, 1.54) is 0 Å². The Morgan fingerprint density at radius 3 is 2.54 bits per heavy atom. The number of carbonyl (C=O) groups is 3. The van der Waals surface area contributed by atoms with Crippen molar-refractivity contribution in [1.82, 2.24) is 0 Å². The second-order valence-corrected chi connectivity index (χ2v) is 5.48. The second-order valence-electron chi connectivity index (χ2n) is 5.48. The van der Waals surface area contributed by atoms with Gasteiger partial charge in [0.2, 0.25) is 0 Å². The van der Waals surface area contributed by atoms with E-state index >= 15 is 0 Å². The van der Waals surface area contributed by atoms with Gasteiger partial charge in [0.1, 0.15) is 18.1 Å². The molecule has 0 spiro atoms. The summed E-state index contributed by atoms with van der Waals surface area (Å²) >= 11 is 0. The van der Waals surface area contributed by atoms with Crippen LogP contribution in [0.3, 0.4) is 0 Å². The quantitative estimate of drug-likeness (QED) is 0.313. The summed E-state index contributed by atoms with van der Waals surface area (Å²) in [6.07, 6.45) is 3.23. The first-order valence-corrected chi connectivity index (χ1v) is 8.47. The highest BCUT2D eigenvalue weighted by atomic mass is 16.5. The van der Waals surface area contributed by atoms with Crippen molar-refractivity contribution < 1.29 is 23.9 Å². The van der Waals surface area contributed by atoms with E-state index in [-0.39, 0.29) is 18.0 Å². The molecule has 0 aliphatic heterocycles. The van der Waals surface area contributed by atoms with Crippen LogP contribution in [0.25, 0.3) is 0 Å². The zero-order valence-electron chi connectivity index (χ0n) is 14.5. The third-order valence-electron chi connectivity index (χ3n) is 3.54. The molecular formula is C19H26O5. The van der Waals surface area contributed by atoms with Gasteiger partial charge in [0.25, 0.3) is 0 Å². The SMILES string of the molecule is CCCC(=O)CCCC(=O)c1ccc(OCCOCC)cc1C=O. The summed E-state index contributed by atoms with van der Waals surface area (Å²) in [5.74, 6) is 0.590. The summed E-state index contributed by atoms with van der Waals surface area (Å²) in [7, 11) is 0. The smallest absolute Gasteiger partial charge is 0.163 e. The van der Waals surface area contributed by atoms with Gasteiger partial charge in [-0.15, -0.1) is 0 Å². The van der Waals surface area contributed by atoms with E-state index in [1.807, 2.05) is 13.8 Å². The Hall–Kier alpha value is -2.01. The Labute approximate surface area is 143 Å². The van der Waals surface area contributed by atoms with Crippen LogP contribution in [-0.2, 0) is 9.53 Å². The molecule has 0 aliphatic carbocycles. The van der Waals surface area contributed by atoms with Gasteiger partial charge in [-0.25, -0.2) is 0 Å². The van der Waals surface area contributed by atoms with Crippen molar-refractivity contribution in [1.29, 1.82) is 0 Å². The molecule has 0 N–H and O–H groups in total. The molecule has 0 radical (unpaired) electrons. The molecule has 1 aromatic rings. The molecule has 0 saturated carbocycles. The van der Waals surface area contributed by atoms with Gasteiger partial charge in [0.15, 0.2) is 12.1 Å². The third-order valence-corrected chi connectivity index (χ3v) is 3.54. The van der Waals surface area contributed by atoms with Crippen LogP contribution < -0.4 is 4.74 Å². The Bertz CT molecular complexity index is 551. The minimum atomic E-state index is -0.123. The number of aldehydes is 1. The van der Waals surface area contributed by atoms with Gasteiger partial charge in [0, 0.05) is 37.0 Å². The van der Waals surface area contributed by atoms with Crippen molar-refractivity contribution in [2.75, 3.05) is 19.8 Å². The van der Waals surface area contributed by atoms with Gasteiger partial charge in [-0.3, -0.25) is 14.4 Å². The minimum Gasteiger partial charge on any atom is -0.491 e. The lowest BCUT2D eigenvalue weighted by atomic mass is 9.99. The first-order valence-electron chi connectivity index (χ1n) is 8.47. The lowest BCUT2D eigenvalue weighted by Crippen LogP contribution is -2.08. The van der Waals surface area contributed by atoms with Crippen molar-refractivity contribution in [3.05, 3.63) is 29.3 Å². The monoisotopic (exact) mass is 334 g/mol. The van der Waals surface area contributed by atoms with Gasteiger partial charge in [0.05, 0.1) is 6.61 Å². The number of ketones is 2. The van der Waals surface area contributed by atoms with Crippen molar-refractivity contribution in [2.45, 2.75) is 46.0 Å². The van der Waals surface area contributed by atoms with Gasteiger partial charge in [-0.2, -0.15) is 0 Å². The predicted octanol–water partition coefficient (Wildman–Crippen LogP) is 3.64. The fourth-order valence-electron chi connectivity index (χ4n) is 2.33. The van der Waals surface area contributed by atoms with Crippen LogP contribution in [0.5, 0.6) is 5.75 Å². The molecule has 0 bridgehead atoms. The lowest BCUT2D eigenvalue weighted by Gasteiger charge is -2.09. The molecular weight excluding hydrogens is 308 g/mol. The molecule has 0 aromatic heterocycles. The molecule has 0 unspecified atom stereocenters. The largest absolute Gasteiger partial charge is 0.491 e. The average molecular weight is 334 g/mol. The van der Waals surface area contributed by atoms with E-state index in [9.17, 15) is 14.4 Å². The molecule has 0 atom stereocenters. The number of hydrogen-bond donors (Lipinski definition) is 0. The molecule has 0 fully saturated rings. The normalized spacial score (nSPS) is 10.4. The molecule has 24 heavy (non-hydrogen) atoms. The molecule has 0 aliphatic rings. The zero-order chi connectivity index (χ0) is 17.8. The van der Waals surface area contributed by atoms with Gasteiger partial charge >= 0.3 is 0 Å². The van der Waals surface area contributed by atoms with Crippen LogP contribution >= 0.6 is 0 Å². The number of carbonyl (C=O) groups excluding carboxylic acids is 3. The van der Waals surface area contributed by atoms with E-state index in [0.29, 0.717) is 62.2 Å². The molecule has 5 heteroatoms. The maximum atomic E-state index is 12.2. The lowest BCUT2D eigenvalue weighted by molar-refractivity contribution is -0.119. The summed E-state index contributed by atoms with van der Waals surface area (Å²) in [5.41, 5.74) is 0.693. The molecule has 0 heterocycles. The summed E-state index contributed by atoms with van der Waals surface area (Å²) in [4.78, 5) is 35.0. The molecule has 0 amide bonds. The Morgan fingerprint density at radius 1 is 1.08 bits per heavy atom. The number of benzene rings is 1. The molecule has 132 valence electrons. The molecule has 1 aromatic carbocycles. The Balaban J connectivity index is 2.58. The van der Waals surface area contributed by atoms with Crippen LogP contribution in [0.2, 0.25) is 0 Å². The molecule has 1 rings (SSSR count). The molecule has 0 saturated heterocycles. The van der Waals surface area contributed by atoms with Crippen molar-refractivity contribution >= 4 is 17.9 Å². The van der Waals surface area contributed by atoms with Crippen LogP contribution in [0.15, 0.2) is 18.2 Å². The highest BCUT2D eigenvalue weighted by Crippen LogP contribution is 2.19. The third kappa shape index (κ3) is 7.04. The highest BCUT2D eigenvalue weighted by Gasteiger charge is 2.13. The van der Waals surface area contributed by atoms with Crippen LogP contribution in [0.1, 0.15) is 66.7 Å². The topological polar surface area (TPSA) is 69.7 Å². The number of Topliss-reactive ketones (excluding diaryl/α,β-unsaturated/α-hetero) is 2. The van der Waals surface area contributed by atoms with Crippen molar-refractivity contribution in [2.24, 2.45) is 0 Å². The summed E-state index contributed by atoms with van der Waals surface area (Å²) in [6.45, 7) is 5.34. The number of hydrogen-bond acceptors (Lipinski definition) is 5. The van der Waals surface area contributed by atoms with Crippen molar-refractivity contribution in [3.63, 3.8) is 0 Å². The van der Waals surface area contributed by atoms with Crippen LogP contribution in [-0.4, -0.2) is 37.7 Å². The predicted molar refractivity (Wildman–Crippen MR) is 91.9 cm³/mol. The van der Waals surface area contributed by atoms with Gasteiger partial charge in [-0.1, -0.05) is 6.92 Å². The highest BCUT2D eigenvalue weighted by molar-refractivity contribution is 6.03. The van der Waals surface area contributed by atoms with E-state index in [1.54, 1.807) is 18.2 Å².